The van der Waals surface area contributed by atoms with Crippen molar-refractivity contribution < 1.29 is 28.2 Å². The van der Waals surface area contributed by atoms with E-state index in [1.54, 1.807) is 37.3 Å². The van der Waals surface area contributed by atoms with Crippen molar-refractivity contribution in [2.24, 2.45) is 0 Å². The summed E-state index contributed by atoms with van der Waals surface area (Å²) in [6, 6.07) is 7.70. The number of rotatable bonds is 9. The zero-order chi connectivity index (χ0) is 22.1. The quantitative estimate of drug-likeness (QED) is 0.485. The van der Waals surface area contributed by atoms with E-state index in [1.807, 2.05) is 0 Å². The van der Waals surface area contributed by atoms with Gasteiger partial charge in [-0.05, 0) is 48.4 Å². The van der Waals surface area contributed by atoms with Gasteiger partial charge in [-0.2, -0.15) is 0 Å². The Bertz CT molecular complexity index is 918. The van der Waals surface area contributed by atoms with E-state index in [-0.39, 0.29) is 24.6 Å². The van der Waals surface area contributed by atoms with Gasteiger partial charge in [-0.25, -0.2) is 4.39 Å². The van der Waals surface area contributed by atoms with Gasteiger partial charge in [0.05, 0.1) is 21.3 Å². The number of nitrogens with one attached hydrogen (secondary N) is 2. The van der Waals surface area contributed by atoms with E-state index < -0.39 is 11.7 Å². The molecule has 0 aliphatic rings. The molecule has 0 saturated heterocycles. The minimum absolute atomic E-state index is 0.206. The van der Waals surface area contributed by atoms with E-state index in [4.69, 9.17) is 14.2 Å². The molecule has 30 heavy (non-hydrogen) atoms. The molecular formula is C22H25FN2O5. The van der Waals surface area contributed by atoms with Crippen LogP contribution in [0.3, 0.4) is 0 Å². The first kappa shape index (κ1) is 22.7. The van der Waals surface area contributed by atoms with Crippen molar-refractivity contribution in [2.45, 2.75) is 6.92 Å². The molecule has 2 N–H and O–H groups in total. The number of amides is 2. The van der Waals surface area contributed by atoms with Crippen molar-refractivity contribution in [3.8, 4) is 17.2 Å². The molecule has 2 amide bonds. The van der Waals surface area contributed by atoms with Crippen molar-refractivity contribution in [1.29, 1.82) is 0 Å². The lowest BCUT2D eigenvalue weighted by atomic mass is 10.1. The molecule has 2 rings (SSSR count). The van der Waals surface area contributed by atoms with Gasteiger partial charge in [0.25, 0.3) is 5.91 Å². The van der Waals surface area contributed by atoms with Gasteiger partial charge in [-0.1, -0.05) is 6.07 Å². The van der Waals surface area contributed by atoms with Crippen LogP contribution in [0.4, 0.5) is 4.39 Å². The van der Waals surface area contributed by atoms with Crippen LogP contribution in [0, 0.1) is 12.7 Å². The summed E-state index contributed by atoms with van der Waals surface area (Å²) >= 11 is 0. The number of ether oxygens (including phenoxy) is 3. The Morgan fingerprint density at radius 1 is 0.967 bits per heavy atom. The number of hydrogen-bond acceptors (Lipinski definition) is 5. The van der Waals surface area contributed by atoms with Crippen LogP contribution in [-0.2, 0) is 4.79 Å². The maximum atomic E-state index is 13.5. The number of halogens is 1. The molecule has 0 saturated carbocycles. The number of hydrogen-bond donors (Lipinski definition) is 2. The average Bonchev–Trinajstić information content (AvgIpc) is 2.75. The predicted molar refractivity (Wildman–Crippen MR) is 112 cm³/mol. The molecule has 0 aromatic heterocycles. The summed E-state index contributed by atoms with van der Waals surface area (Å²) in [5, 5.41) is 5.28. The molecular weight excluding hydrogens is 391 g/mol. The summed E-state index contributed by atoms with van der Waals surface area (Å²) < 4.78 is 29.3. The highest BCUT2D eigenvalue weighted by atomic mass is 19.1. The minimum Gasteiger partial charge on any atom is -0.493 e. The Morgan fingerprint density at radius 2 is 1.60 bits per heavy atom. The summed E-state index contributed by atoms with van der Waals surface area (Å²) in [5.41, 5.74) is 1.39. The third-order valence-corrected chi connectivity index (χ3v) is 4.26. The lowest BCUT2D eigenvalue weighted by Crippen LogP contribution is -2.34. The molecule has 0 radical (unpaired) electrons. The molecule has 7 nitrogen and oxygen atoms in total. The first-order valence-electron chi connectivity index (χ1n) is 9.19. The van der Waals surface area contributed by atoms with Gasteiger partial charge in [0.1, 0.15) is 5.82 Å². The maximum absolute atomic E-state index is 13.5. The zero-order valence-electron chi connectivity index (χ0n) is 17.4. The number of methoxy groups -OCH3 is 3. The van der Waals surface area contributed by atoms with Crippen molar-refractivity contribution in [1.82, 2.24) is 10.6 Å². The SMILES string of the molecule is COc1cc(C=CC(=O)NCCNC(=O)c2ccc(C)c(F)c2)cc(OC)c1OC. The third kappa shape index (κ3) is 5.97. The van der Waals surface area contributed by atoms with Crippen molar-refractivity contribution in [3.05, 3.63) is 58.9 Å². The summed E-state index contributed by atoms with van der Waals surface area (Å²) in [6.45, 7) is 2.05. The maximum Gasteiger partial charge on any atom is 0.251 e. The zero-order valence-corrected chi connectivity index (χ0v) is 17.4. The second-order valence-electron chi connectivity index (χ2n) is 6.30. The van der Waals surface area contributed by atoms with Gasteiger partial charge in [0.2, 0.25) is 11.7 Å². The average molecular weight is 416 g/mol. The molecule has 0 fully saturated rings. The number of benzene rings is 2. The van der Waals surface area contributed by atoms with Crippen LogP contribution in [-0.4, -0.2) is 46.2 Å². The molecule has 0 spiro atoms. The summed E-state index contributed by atoms with van der Waals surface area (Å²) in [7, 11) is 4.53. The van der Waals surface area contributed by atoms with E-state index in [1.165, 1.54) is 33.5 Å². The highest BCUT2D eigenvalue weighted by molar-refractivity contribution is 5.94. The molecule has 2 aromatic rings. The fourth-order valence-corrected chi connectivity index (χ4v) is 2.63. The topological polar surface area (TPSA) is 85.9 Å². The Balaban J connectivity index is 1.86. The minimum atomic E-state index is -0.437. The first-order chi connectivity index (χ1) is 14.4. The largest absolute Gasteiger partial charge is 0.493 e. The number of carbonyl (C=O) groups is 2. The Hall–Kier alpha value is -3.55. The van der Waals surface area contributed by atoms with Crippen molar-refractivity contribution in [3.63, 3.8) is 0 Å². The van der Waals surface area contributed by atoms with Gasteiger partial charge < -0.3 is 24.8 Å². The Kier molecular flexibility index (Phi) is 8.22. The summed E-state index contributed by atoms with van der Waals surface area (Å²) in [4.78, 5) is 24.0. The van der Waals surface area contributed by atoms with Crippen LogP contribution >= 0.6 is 0 Å². The van der Waals surface area contributed by atoms with Crippen LogP contribution in [0.25, 0.3) is 6.08 Å². The fraction of sp³-hybridized carbons (Fsp3) is 0.273. The lowest BCUT2D eigenvalue weighted by molar-refractivity contribution is -0.116. The molecule has 8 heteroatoms. The van der Waals surface area contributed by atoms with Crippen LogP contribution in [0.5, 0.6) is 17.2 Å². The molecule has 0 atom stereocenters. The van der Waals surface area contributed by atoms with Gasteiger partial charge in [-0.3, -0.25) is 9.59 Å². The molecule has 2 aromatic carbocycles. The Labute approximate surface area is 174 Å². The van der Waals surface area contributed by atoms with Crippen molar-refractivity contribution >= 4 is 17.9 Å². The van der Waals surface area contributed by atoms with Gasteiger partial charge in [-0.15, -0.1) is 0 Å². The fourth-order valence-electron chi connectivity index (χ4n) is 2.63. The third-order valence-electron chi connectivity index (χ3n) is 4.26. The normalized spacial score (nSPS) is 10.6. The van der Waals surface area contributed by atoms with E-state index >= 15 is 0 Å². The van der Waals surface area contributed by atoms with Gasteiger partial charge in [0.15, 0.2) is 11.5 Å². The highest BCUT2D eigenvalue weighted by Crippen LogP contribution is 2.38. The van der Waals surface area contributed by atoms with Crippen LogP contribution < -0.4 is 24.8 Å². The van der Waals surface area contributed by atoms with E-state index in [0.29, 0.717) is 28.4 Å². The van der Waals surface area contributed by atoms with E-state index in [0.717, 1.165) is 0 Å². The smallest absolute Gasteiger partial charge is 0.251 e. The second-order valence-corrected chi connectivity index (χ2v) is 6.30. The predicted octanol–water partition coefficient (Wildman–Crippen LogP) is 2.72. The van der Waals surface area contributed by atoms with Crippen LogP contribution in [0.15, 0.2) is 36.4 Å². The first-order valence-corrected chi connectivity index (χ1v) is 9.19. The van der Waals surface area contributed by atoms with Gasteiger partial charge >= 0.3 is 0 Å². The summed E-state index contributed by atoms with van der Waals surface area (Å²) in [6.07, 6.45) is 2.96. The van der Waals surface area contributed by atoms with Crippen LogP contribution in [0.2, 0.25) is 0 Å². The molecule has 0 bridgehead atoms. The summed E-state index contributed by atoms with van der Waals surface area (Å²) in [5.74, 6) is 0.244. The Morgan fingerprint density at radius 3 is 2.17 bits per heavy atom. The molecule has 0 aliphatic carbocycles. The molecule has 0 unspecified atom stereocenters. The highest BCUT2D eigenvalue weighted by Gasteiger charge is 2.12. The number of carbonyl (C=O) groups excluding carboxylic acids is 2. The van der Waals surface area contributed by atoms with E-state index in [2.05, 4.69) is 10.6 Å². The van der Waals surface area contributed by atoms with Crippen LogP contribution in [0.1, 0.15) is 21.5 Å². The second kappa shape index (κ2) is 10.8. The standard InChI is InChI=1S/C22H25FN2O5/c1-14-5-7-16(13-17(14)23)22(27)25-10-9-24-20(26)8-6-15-11-18(28-2)21(30-4)19(12-15)29-3/h5-8,11-13H,9-10H2,1-4H3,(H,24,26)(H,25,27). The molecule has 0 heterocycles. The molecule has 0 aliphatic heterocycles. The monoisotopic (exact) mass is 416 g/mol. The van der Waals surface area contributed by atoms with E-state index in [9.17, 15) is 14.0 Å². The van der Waals surface area contributed by atoms with Gasteiger partial charge in [0, 0.05) is 24.7 Å². The number of aryl methyl sites for hydroxylation is 1. The van der Waals surface area contributed by atoms with Crippen molar-refractivity contribution in [2.75, 3.05) is 34.4 Å². The lowest BCUT2D eigenvalue weighted by Gasteiger charge is -2.12. The molecule has 160 valence electrons.